The number of benzene rings is 1. The molecule has 3 rings (SSSR count). The van der Waals surface area contributed by atoms with Gasteiger partial charge in [0.15, 0.2) is 12.3 Å². The van der Waals surface area contributed by atoms with Crippen molar-refractivity contribution < 1.29 is 18.7 Å². The first-order chi connectivity index (χ1) is 12.5. The molecule has 0 unspecified atom stereocenters. The van der Waals surface area contributed by atoms with Gasteiger partial charge in [0.1, 0.15) is 5.82 Å². The van der Waals surface area contributed by atoms with Gasteiger partial charge in [0.25, 0.3) is 0 Å². The van der Waals surface area contributed by atoms with Crippen molar-refractivity contribution in [2.75, 3.05) is 6.61 Å². The number of para-hydroxylation sites is 1. The highest BCUT2D eigenvalue weighted by Gasteiger charge is 2.20. The minimum atomic E-state index is -0.727. The van der Waals surface area contributed by atoms with Gasteiger partial charge >= 0.3 is 5.97 Å². The molecule has 0 fully saturated rings. The number of carbonyl (C=O) groups is 2. The number of Topliss-reactive ketones (excluding diaryl/α,β-unsaturated/α-hetero) is 1. The van der Waals surface area contributed by atoms with E-state index in [4.69, 9.17) is 4.74 Å². The summed E-state index contributed by atoms with van der Waals surface area (Å²) < 4.78 is 20.8. The largest absolute Gasteiger partial charge is 0.453 e. The lowest BCUT2D eigenvalue weighted by atomic mass is 10.1. The number of esters is 1. The second-order valence-corrected chi connectivity index (χ2v) is 5.66. The summed E-state index contributed by atoms with van der Waals surface area (Å²) in [5.41, 5.74) is 2.04. The van der Waals surface area contributed by atoms with Gasteiger partial charge in [-0.25, -0.2) is 14.2 Å². The Bertz CT molecular complexity index is 967. The zero-order chi connectivity index (χ0) is 18.7. The maximum absolute atomic E-state index is 14.1. The number of carbonyl (C=O) groups excluding carboxylic acids is 2. The summed E-state index contributed by atoms with van der Waals surface area (Å²) in [5.74, 6) is -1.49. The van der Waals surface area contributed by atoms with Crippen molar-refractivity contribution in [3.05, 3.63) is 77.4 Å². The molecular weight excluding hydrogens is 337 g/mol. The Morgan fingerprint density at radius 3 is 2.65 bits per heavy atom. The van der Waals surface area contributed by atoms with E-state index in [-0.39, 0.29) is 17.3 Å². The van der Waals surface area contributed by atoms with Crippen LogP contribution in [0.4, 0.5) is 4.39 Å². The first kappa shape index (κ1) is 17.5. The zero-order valence-corrected chi connectivity index (χ0v) is 14.3. The normalized spacial score (nSPS) is 10.6. The van der Waals surface area contributed by atoms with E-state index in [0.29, 0.717) is 22.6 Å². The average Bonchev–Trinajstić information content (AvgIpc) is 2.95. The van der Waals surface area contributed by atoms with Gasteiger partial charge in [-0.1, -0.05) is 12.1 Å². The number of ketones is 1. The molecule has 0 saturated heterocycles. The molecule has 2 aromatic heterocycles. The maximum Gasteiger partial charge on any atom is 0.358 e. The van der Waals surface area contributed by atoms with E-state index >= 15 is 0 Å². The first-order valence-electron chi connectivity index (χ1n) is 7.89. The summed E-state index contributed by atoms with van der Waals surface area (Å²) in [7, 11) is 0. The quantitative estimate of drug-likeness (QED) is 0.521. The molecule has 2 heterocycles. The van der Waals surface area contributed by atoms with E-state index in [9.17, 15) is 14.0 Å². The molecule has 0 amide bonds. The lowest BCUT2D eigenvalue weighted by molar-refractivity contribution is 0.0468. The predicted octanol–water partition coefficient (Wildman–Crippen LogP) is 3.06. The van der Waals surface area contributed by atoms with E-state index in [1.165, 1.54) is 24.7 Å². The van der Waals surface area contributed by atoms with Gasteiger partial charge in [-0.15, -0.1) is 0 Å². The van der Waals surface area contributed by atoms with E-state index in [1.54, 1.807) is 42.7 Å². The van der Waals surface area contributed by atoms with Crippen LogP contribution < -0.4 is 0 Å². The van der Waals surface area contributed by atoms with Crippen molar-refractivity contribution in [2.45, 2.75) is 13.8 Å². The lowest BCUT2D eigenvalue weighted by Crippen LogP contribution is -2.16. The maximum atomic E-state index is 14.1. The summed E-state index contributed by atoms with van der Waals surface area (Å²) in [6.07, 6.45) is 4.05. The fourth-order valence-electron chi connectivity index (χ4n) is 2.74. The third kappa shape index (κ3) is 3.37. The van der Waals surface area contributed by atoms with Crippen LogP contribution >= 0.6 is 0 Å². The van der Waals surface area contributed by atoms with Crippen molar-refractivity contribution in [1.82, 2.24) is 14.5 Å². The number of rotatable bonds is 5. The number of halogens is 1. The second-order valence-electron chi connectivity index (χ2n) is 5.66. The van der Waals surface area contributed by atoms with Crippen molar-refractivity contribution >= 4 is 11.8 Å². The molecule has 6 nitrogen and oxygen atoms in total. The Labute approximate surface area is 149 Å². The van der Waals surface area contributed by atoms with Crippen LogP contribution in [0.1, 0.15) is 32.2 Å². The van der Waals surface area contributed by atoms with Crippen LogP contribution in [0.3, 0.4) is 0 Å². The van der Waals surface area contributed by atoms with Crippen molar-refractivity contribution in [3.8, 4) is 5.69 Å². The highest BCUT2D eigenvalue weighted by atomic mass is 19.1. The Kier molecular flexibility index (Phi) is 4.88. The Morgan fingerprint density at radius 2 is 1.96 bits per heavy atom. The highest BCUT2D eigenvalue weighted by molar-refractivity contribution is 6.00. The van der Waals surface area contributed by atoms with Crippen molar-refractivity contribution in [3.63, 3.8) is 0 Å². The molecule has 0 bridgehead atoms. The second kappa shape index (κ2) is 7.26. The molecule has 0 N–H and O–H groups in total. The standard InChI is InChI=1S/C19H16FN3O3/c1-12-9-14(13(2)23(12)17-6-4-3-5-15(17)20)18(24)11-26-19(25)16-10-21-7-8-22-16/h3-10H,11H2,1-2H3. The van der Waals surface area contributed by atoms with E-state index in [0.717, 1.165) is 0 Å². The van der Waals surface area contributed by atoms with Gasteiger partial charge in [0.05, 0.1) is 11.9 Å². The van der Waals surface area contributed by atoms with Crippen LogP contribution in [0.25, 0.3) is 5.69 Å². The molecule has 0 radical (unpaired) electrons. The van der Waals surface area contributed by atoms with E-state index in [1.807, 2.05) is 0 Å². The van der Waals surface area contributed by atoms with Crippen LogP contribution in [-0.4, -0.2) is 32.9 Å². The van der Waals surface area contributed by atoms with E-state index in [2.05, 4.69) is 9.97 Å². The third-order valence-corrected chi connectivity index (χ3v) is 3.93. The summed E-state index contributed by atoms with van der Waals surface area (Å²) >= 11 is 0. The van der Waals surface area contributed by atoms with Gasteiger partial charge in [-0.3, -0.25) is 9.78 Å². The fraction of sp³-hybridized carbons (Fsp3) is 0.158. The summed E-state index contributed by atoms with van der Waals surface area (Å²) in [5, 5.41) is 0. The van der Waals surface area contributed by atoms with Gasteiger partial charge in [-0.2, -0.15) is 0 Å². The van der Waals surface area contributed by atoms with Gasteiger partial charge in [0, 0.05) is 29.3 Å². The molecule has 0 spiro atoms. The predicted molar refractivity (Wildman–Crippen MR) is 91.8 cm³/mol. The smallest absolute Gasteiger partial charge is 0.358 e. The minimum absolute atomic E-state index is 0.0251. The van der Waals surface area contributed by atoms with Crippen LogP contribution in [-0.2, 0) is 4.74 Å². The third-order valence-electron chi connectivity index (χ3n) is 3.93. The number of aryl methyl sites for hydroxylation is 1. The van der Waals surface area contributed by atoms with Crippen LogP contribution in [0.2, 0.25) is 0 Å². The molecule has 1 aromatic carbocycles. The fourth-order valence-corrected chi connectivity index (χ4v) is 2.74. The van der Waals surface area contributed by atoms with Gasteiger partial charge < -0.3 is 9.30 Å². The topological polar surface area (TPSA) is 74.1 Å². The van der Waals surface area contributed by atoms with Crippen LogP contribution in [0.15, 0.2) is 48.9 Å². The Balaban J connectivity index is 1.80. The molecule has 7 heteroatoms. The van der Waals surface area contributed by atoms with Crippen LogP contribution in [0.5, 0.6) is 0 Å². The zero-order valence-electron chi connectivity index (χ0n) is 14.3. The van der Waals surface area contributed by atoms with Crippen LogP contribution in [0, 0.1) is 19.7 Å². The monoisotopic (exact) mass is 353 g/mol. The van der Waals surface area contributed by atoms with Gasteiger partial charge in [0.2, 0.25) is 5.78 Å². The molecule has 0 aliphatic rings. The molecule has 132 valence electrons. The van der Waals surface area contributed by atoms with Crippen molar-refractivity contribution in [2.24, 2.45) is 0 Å². The molecule has 0 saturated carbocycles. The number of ether oxygens (including phenoxy) is 1. The average molecular weight is 353 g/mol. The molecule has 0 aliphatic heterocycles. The molecule has 0 aliphatic carbocycles. The summed E-state index contributed by atoms with van der Waals surface area (Å²) in [4.78, 5) is 31.9. The number of hydrogen-bond acceptors (Lipinski definition) is 5. The SMILES string of the molecule is Cc1cc(C(=O)COC(=O)c2cnccn2)c(C)n1-c1ccccc1F. The molecular formula is C19H16FN3O3. The summed E-state index contributed by atoms with van der Waals surface area (Å²) in [6, 6.07) is 7.97. The number of hydrogen-bond donors (Lipinski definition) is 0. The molecule has 0 atom stereocenters. The molecule has 26 heavy (non-hydrogen) atoms. The minimum Gasteiger partial charge on any atom is -0.453 e. The molecule has 3 aromatic rings. The van der Waals surface area contributed by atoms with E-state index < -0.39 is 12.6 Å². The number of aromatic nitrogens is 3. The lowest BCUT2D eigenvalue weighted by Gasteiger charge is -2.10. The number of nitrogens with zero attached hydrogens (tertiary/aromatic N) is 3. The Morgan fingerprint density at radius 1 is 1.19 bits per heavy atom. The summed E-state index contributed by atoms with van der Waals surface area (Å²) in [6.45, 7) is 3.07. The first-order valence-corrected chi connectivity index (χ1v) is 7.89. The van der Waals surface area contributed by atoms with Crippen molar-refractivity contribution in [1.29, 1.82) is 0 Å². The highest BCUT2D eigenvalue weighted by Crippen LogP contribution is 2.23. The van der Waals surface area contributed by atoms with Gasteiger partial charge in [-0.05, 0) is 32.0 Å². The Hall–Kier alpha value is -3.35.